The molecule has 1 heterocycles. The summed E-state index contributed by atoms with van der Waals surface area (Å²) < 4.78 is 0. The van der Waals surface area contributed by atoms with Gasteiger partial charge >= 0.3 is 0 Å². The summed E-state index contributed by atoms with van der Waals surface area (Å²) in [7, 11) is 0. The number of aromatic nitrogens is 1. The highest BCUT2D eigenvalue weighted by Crippen LogP contribution is 2.12. The fourth-order valence-corrected chi connectivity index (χ4v) is 2.31. The number of hydrogen-bond donors (Lipinski definition) is 1. The van der Waals surface area contributed by atoms with E-state index in [0.29, 0.717) is 5.92 Å². The van der Waals surface area contributed by atoms with Crippen molar-refractivity contribution in [1.29, 1.82) is 0 Å². The molecular formula is C18H22N2O. The zero-order valence-corrected chi connectivity index (χ0v) is 12.8. The quantitative estimate of drug-likeness (QED) is 0.848. The van der Waals surface area contributed by atoms with Gasteiger partial charge in [0.2, 0.25) is 5.91 Å². The first-order valence-electron chi connectivity index (χ1n) is 7.44. The minimum Gasteiger partial charge on any atom is -0.350 e. The lowest BCUT2D eigenvalue weighted by Crippen LogP contribution is -2.36. The Bertz CT molecular complexity index is 646. The molecule has 0 aliphatic carbocycles. The third-order valence-corrected chi connectivity index (χ3v) is 3.60. The second-order valence-electron chi connectivity index (χ2n) is 5.53. The first kappa shape index (κ1) is 15.2. The van der Waals surface area contributed by atoms with Gasteiger partial charge in [0.15, 0.2) is 0 Å². The van der Waals surface area contributed by atoms with Gasteiger partial charge in [-0.3, -0.25) is 4.79 Å². The van der Waals surface area contributed by atoms with E-state index >= 15 is 0 Å². The van der Waals surface area contributed by atoms with Gasteiger partial charge in [0.1, 0.15) is 0 Å². The average molecular weight is 282 g/mol. The Hall–Kier alpha value is -2.16. The predicted molar refractivity (Wildman–Crippen MR) is 87.8 cm³/mol. The number of hydrogen-bond acceptors (Lipinski definition) is 2. The van der Waals surface area contributed by atoms with Gasteiger partial charge in [-0.15, -0.1) is 0 Å². The Morgan fingerprint density at radius 1 is 1.24 bits per heavy atom. The summed E-state index contributed by atoms with van der Waals surface area (Å²) in [5.74, 6) is 0.372. The van der Waals surface area contributed by atoms with Crippen molar-refractivity contribution in [3.8, 4) is 0 Å². The SMILES string of the molecule is CCC(NC(=O)/C=C/c1ccc2ccccc2n1)C(C)C. The lowest BCUT2D eigenvalue weighted by Gasteiger charge is -2.19. The number of para-hydroxylation sites is 1. The molecule has 1 aromatic carbocycles. The Balaban J connectivity index is 2.06. The van der Waals surface area contributed by atoms with Crippen LogP contribution in [0.1, 0.15) is 32.9 Å². The van der Waals surface area contributed by atoms with Crippen LogP contribution in [0.15, 0.2) is 42.5 Å². The van der Waals surface area contributed by atoms with Crippen LogP contribution in [0.4, 0.5) is 0 Å². The van der Waals surface area contributed by atoms with Gasteiger partial charge in [-0.25, -0.2) is 4.98 Å². The molecule has 1 N–H and O–H groups in total. The van der Waals surface area contributed by atoms with E-state index < -0.39 is 0 Å². The van der Waals surface area contributed by atoms with Crippen LogP contribution in [0.2, 0.25) is 0 Å². The first-order chi connectivity index (χ1) is 10.1. The fraction of sp³-hybridized carbons (Fsp3) is 0.333. The number of rotatable bonds is 5. The molecule has 0 spiro atoms. The van der Waals surface area contributed by atoms with Crippen molar-refractivity contribution in [1.82, 2.24) is 10.3 Å². The van der Waals surface area contributed by atoms with Crippen LogP contribution < -0.4 is 5.32 Å². The summed E-state index contributed by atoms with van der Waals surface area (Å²) in [6.45, 7) is 6.31. The molecule has 1 atom stereocenters. The zero-order chi connectivity index (χ0) is 15.2. The summed E-state index contributed by atoms with van der Waals surface area (Å²) in [6.07, 6.45) is 4.25. The van der Waals surface area contributed by atoms with Crippen molar-refractivity contribution >= 4 is 22.9 Å². The van der Waals surface area contributed by atoms with Gasteiger partial charge in [0.25, 0.3) is 0 Å². The highest BCUT2D eigenvalue weighted by atomic mass is 16.1. The largest absolute Gasteiger partial charge is 0.350 e. The van der Waals surface area contributed by atoms with Gasteiger partial charge in [0.05, 0.1) is 11.2 Å². The predicted octanol–water partition coefficient (Wildman–Crippen LogP) is 3.80. The van der Waals surface area contributed by atoms with E-state index in [0.717, 1.165) is 23.0 Å². The Morgan fingerprint density at radius 3 is 2.71 bits per heavy atom. The zero-order valence-electron chi connectivity index (χ0n) is 12.8. The van der Waals surface area contributed by atoms with Crippen molar-refractivity contribution in [3.05, 3.63) is 48.2 Å². The van der Waals surface area contributed by atoms with Gasteiger partial charge in [-0.05, 0) is 30.5 Å². The third kappa shape index (κ3) is 4.15. The van der Waals surface area contributed by atoms with Crippen molar-refractivity contribution in [3.63, 3.8) is 0 Å². The molecule has 2 aromatic rings. The standard InChI is InChI=1S/C18H22N2O/c1-4-16(13(2)3)20-18(21)12-11-15-10-9-14-7-5-6-8-17(14)19-15/h5-13,16H,4H2,1-3H3,(H,20,21)/b12-11+. The Kier molecular flexibility index (Phi) is 5.09. The second kappa shape index (κ2) is 7.02. The van der Waals surface area contributed by atoms with Crippen LogP contribution in [-0.4, -0.2) is 16.9 Å². The maximum atomic E-state index is 11.9. The second-order valence-corrected chi connectivity index (χ2v) is 5.53. The molecule has 110 valence electrons. The highest BCUT2D eigenvalue weighted by molar-refractivity contribution is 5.92. The maximum absolute atomic E-state index is 11.9. The molecule has 1 aromatic heterocycles. The number of benzene rings is 1. The fourth-order valence-electron chi connectivity index (χ4n) is 2.31. The van der Waals surface area contributed by atoms with Gasteiger partial charge < -0.3 is 5.32 Å². The molecule has 0 bridgehead atoms. The number of nitrogens with zero attached hydrogens (tertiary/aromatic N) is 1. The van der Waals surface area contributed by atoms with Crippen LogP contribution in [0.3, 0.4) is 0 Å². The van der Waals surface area contributed by atoms with E-state index in [2.05, 4.69) is 31.1 Å². The summed E-state index contributed by atoms with van der Waals surface area (Å²) in [6, 6.07) is 12.1. The number of amides is 1. The minimum absolute atomic E-state index is 0.0643. The molecule has 21 heavy (non-hydrogen) atoms. The summed E-state index contributed by atoms with van der Waals surface area (Å²) in [5.41, 5.74) is 1.73. The average Bonchev–Trinajstić information content (AvgIpc) is 2.50. The maximum Gasteiger partial charge on any atom is 0.244 e. The van der Waals surface area contributed by atoms with Crippen LogP contribution in [0.25, 0.3) is 17.0 Å². The monoisotopic (exact) mass is 282 g/mol. The number of nitrogens with one attached hydrogen (secondary N) is 1. The summed E-state index contributed by atoms with van der Waals surface area (Å²) in [5, 5.41) is 4.12. The normalized spacial score (nSPS) is 13.0. The minimum atomic E-state index is -0.0643. The molecule has 2 rings (SSSR count). The van der Waals surface area contributed by atoms with Crippen molar-refractivity contribution in [2.75, 3.05) is 0 Å². The van der Waals surface area contributed by atoms with E-state index in [-0.39, 0.29) is 11.9 Å². The molecule has 0 saturated heterocycles. The Morgan fingerprint density at radius 2 is 2.00 bits per heavy atom. The summed E-state index contributed by atoms with van der Waals surface area (Å²) in [4.78, 5) is 16.4. The molecule has 3 heteroatoms. The van der Waals surface area contributed by atoms with Gasteiger partial charge in [-0.1, -0.05) is 45.0 Å². The number of pyridine rings is 1. The van der Waals surface area contributed by atoms with Crippen LogP contribution in [0.5, 0.6) is 0 Å². The van der Waals surface area contributed by atoms with Crippen LogP contribution in [0, 0.1) is 5.92 Å². The van der Waals surface area contributed by atoms with Crippen molar-refractivity contribution in [2.24, 2.45) is 5.92 Å². The lowest BCUT2D eigenvalue weighted by atomic mass is 10.0. The first-order valence-corrected chi connectivity index (χ1v) is 7.44. The molecule has 1 unspecified atom stereocenters. The van der Waals surface area contributed by atoms with Crippen molar-refractivity contribution in [2.45, 2.75) is 33.2 Å². The smallest absolute Gasteiger partial charge is 0.244 e. The highest BCUT2D eigenvalue weighted by Gasteiger charge is 2.11. The number of carbonyl (C=O) groups is 1. The molecule has 0 fully saturated rings. The van der Waals surface area contributed by atoms with Gasteiger partial charge in [0, 0.05) is 17.5 Å². The molecule has 0 radical (unpaired) electrons. The van der Waals surface area contributed by atoms with E-state index in [1.807, 2.05) is 36.4 Å². The molecule has 0 saturated carbocycles. The molecule has 0 aliphatic rings. The van der Waals surface area contributed by atoms with Crippen LogP contribution in [-0.2, 0) is 4.79 Å². The van der Waals surface area contributed by atoms with E-state index in [4.69, 9.17) is 0 Å². The lowest BCUT2D eigenvalue weighted by molar-refractivity contribution is -0.117. The van der Waals surface area contributed by atoms with Crippen molar-refractivity contribution < 1.29 is 4.79 Å². The van der Waals surface area contributed by atoms with E-state index in [1.165, 1.54) is 0 Å². The van der Waals surface area contributed by atoms with E-state index in [1.54, 1.807) is 12.2 Å². The number of carbonyl (C=O) groups excluding carboxylic acids is 1. The van der Waals surface area contributed by atoms with Gasteiger partial charge in [-0.2, -0.15) is 0 Å². The van der Waals surface area contributed by atoms with E-state index in [9.17, 15) is 4.79 Å². The number of fused-ring (bicyclic) bond motifs is 1. The molecular weight excluding hydrogens is 260 g/mol. The topological polar surface area (TPSA) is 42.0 Å². The molecule has 3 nitrogen and oxygen atoms in total. The van der Waals surface area contributed by atoms with Crippen LogP contribution >= 0.6 is 0 Å². The molecule has 1 amide bonds. The summed E-state index contributed by atoms with van der Waals surface area (Å²) >= 11 is 0. The Labute approximate surface area is 126 Å². The molecule has 0 aliphatic heterocycles. The third-order valence-electron chi connectivity index (χ3n) is 3.60.